The smallest absolute Gasteiger partial charge is 0.263 e. The molecule has 4 nitrogen and oxygen atoms in total. The second kappa shape index (κ2) is 7.90. The molecule has 1 atom stereocenters. The number of halogens is 1. The summed E-state index contributed by atoms with van der Waals surface area (Å²) in [6.07, 6.45) is 0.734. The van der Waals surface area contributed by atoms with Crippen molar-refractivity contribution in [3.63, 3.8) is 0 Å². The lowest BCUT2D eigenvalue weighted by Crippen LogP contribution is -2.38. The molecule has 0 aliphatic carbocycles. The Bertz CT molecular complexity index is 685. The largest absolute Gasteiger partial charge is 0.394 e. The van der Waals surface area contributed by atoms with Gasteiger partial charge in [-0.15, -0.1) is 11.3 Å². The summed E-state index contributed by atoms with van der Waals surface area (Å²) in [4.78, 5) is 17.5. The van der Waals surface area contributed by atoms with Crippen LogP contribution in [-0.2, 0) is 0 Å². The maximum Gasteiger partial charge on any atom is 0.263 e. The Balaban J connectivity index is 2.21. The van der Waals surface area contributed by atoms with Crippen molar-refractivity contribution in [2.75, 3.05) is 6.61 Å². The molecule has 1 aromatic carbocycles. The lowest BCUT2D eigenvalue weighted by atomic mass is 10.0. The summed E-state index contributed by atoms with van der Waals surface area (Å²) >= 11 is 7.51. The minimum Gasteiger partial charge on any atom is -0.394 e. The summed E-state index contributed by atoms with van der Waals surface area (Å²) < 4.78 is 0. The number of hydrogen-bond donors (Lipinski definition) is 2. The normalized spacial score (nSPS) is 12.4. The molecule has 1 heterocycles. The zero-order valence-corrected chi connectivity index (χ0v) is 15.0. The number of aromatic nitrogens is 1. The van der Waals surface area contributed by atoms with Gasteiger partial charge in [0.2, 0.25) is 0 Å². The SMILES string of the molecule is Cc1nc(-c2ccccc2Cl)sc1C(=O)NC(CO)CC(C)C. The molecular formula is C17H21ClN2O2S. The summed E-state index contributed by atoms with van der Waals surface area (Å²) in [5, 5.41) is 13.6. The van der Waals surface area contributed by atoms with Gasteiger partial charge in [-0.1, -0.05) is 43.6 Å². The van der Waals surface area contributed by atoms with E-state index in [1.807, 2.05) is 25.1 Å². The average Bonchev–Trinajstić information content (AvgIpc) is 2.88. The van der Waals surface area contributed by atoms with Crippen LogP contribution in [0.2, 0.25) is 5.02 Å². The zero-order valence-electron chi connectivity index (χ0n) is 13.5. The van der Waals surface area contributed by atoms with Gasteiger partial charge in [0.05, 0.1) is 23.4 Å². The predicted octanol–water partition coefficient (Wildman–Crippen LogP) is 3.91. The standard InChI is InChI=1S/C17H21ClN2O2S/c1-10(2)8-12(9-21)20-16(22)15-11(3)19-17(23-15)13-6-4-5-7-14(13)18/h4-7,10,12,21H,8-9H2,1-3H3,(H,20,22). The maximum absolute atomic E-state index is 12.5. The molecule has 0 bridgehead atoms. The van der Waals surface area contributed by atoms with E-state index >= 15 is 0 Å². The minimum absolute atomic E-state index is 0.0703. The Morgan fingerprint density at radius 3 is 2.70 bits per heavy atom. The van der Waals surface area contributed by atoms with Crippen molar-refractivity contribution in [3.8, 4) is 10.6 Å². The topological polar surface area (TPSA) is 62.2 Å². The monoisotopic (exact) mass is 352 g/mol. The van der Waals surface area contributed by atoms with Gasteiger partial charge < -0.3 is 10.4 Å². The number of carbonyl (C=O) groups is 1. The molecule has 1 amide bonds. The van der Waals surface area contributed by atoms with E-state index < -0.39 is 0 Å². The Labute approximate surface area is 145 Å². The number of aliphatic hydroxyl groups is 1. The molecule has 2 aromatic rings. The second-order valence-corrected chi connectivity index (χ2v) is 7.30. The first-order valence-electron chi connectivity index (χ1n) is 7.56. The van der Waals surface area contributed by atoms with Crippen LogP contribution < -0.4 is 5.32 Å². The van der Waals surface area contributed by atoms with Crippen LogP contribution in [0.3, 0.4) is 0 Å². The average molecular weight is 353 g/mol. The lowest BCUT2D eigenvalue weighted by Gasteiger charge is -2.17. The highest BCUT2D eigenvalue weighted by Gasteiger charge is 2.20. The highest BCUT2D eigenvalue weighted by atomic mass is 35.5. The number of aliphatic hydroxyl groups excluding tert-OH is 1. The Hall–Kier alpha value is -1.43. The third kappa shape index (κ3) is 4.53. The van der Waals surface area contributed by atoms with E-state index in [9.17, 15) is 9.90 Å². The molecule has 1 aromatic heterocycles. The fraction of sp³-hybridized carbons (Fsp3) is 0.412. The molecule has 2 N–H and O–H groups in total. The fourth-order valence-electron chi connectivity index (χ4n) is 2.36. The fourth-order valence-corrected chi connectivity index (χ4v) is 3.65. The minimum atomic E-state index is -0.243. The van der Waals surface area contributed by atoms with E-state index in [1.54, 1.807) is 6.07 Å². The van der Waals surface area contributed by atoms with Gasteiger partial charge in [-0.25, -0.2) is 4.98 Å². The van der Waals surface area contributed by atoms with Gasteiger partial charge in [0.1, 0.15) is 9.88 Å². The van der Waals surface area contributed by atoms with Crippen LogP contribution in [0.15, 0.2) is 24.3 Å². The van der Waals surface area contributed by atoms with Crippen LogP contribution >= 0.6 is 22.9 Å². The summed E-state index contributed by atoms with van der Waals surface area (Å²) in [7, 11) is 0. The molecule has 0 radical (unpaired) electrons. The van der Waals surface area contributed by atoms with Gasteiger partial charge in [0, 0.05) is 5.56 Å². The van der Waals surface area contributed by atoms with Crippen molar-refractivity contribution in [2.45, 2.75) is 33.2 Å². The molecule has 2 rings (SSSR count). The van der Waals surface area contributed by atoms with E-state index in [0.717, 1.165) is 17.0 Å². The van der Waals surface area contributed by atoms with Crippen LogP contribution in [0.5, 0.6) is 0 Å². The number of hydrogen-bond acceptors (Lipinski definition) is 4. The summed E-state index contributed by atoms with van der Waals surface area (Å²) in [5.41, 5.74) is 1.49. The number of rotatable bonds is 6. The van der Waals surface area contributed by atoms with Crippen molar-refractivity contribution in [1.29, 1.82) is 0 Å². The number of thiazole rings is 1. The molecular weight excluding hydrogens is 332 g/mol. The van der Waals surface area contributed by atoms with Crippen molar-refractivity contribution in [2.24, 2.45) is 5.92 Å². The predicted molar refractivity (Wildman–Crippen MR) is 95.1 cm³/mol. The van der Waals surface area contributed by atoms with E-state index in [2.05, 4.69) is 24.1 Å². The van der Waals surface area contributed by atoms with E-state index in [1.165, 1.54) is 11.3 Å². The van der Waals surface area contributed by atoms with Gasteiger partial charge >= 0.3 is 0 Å². The van der Waals surface area contributed by atoms with Crippen LogP contribution in [0.4, 0.5) is 0 Å². The summed E-state index contributed by atoms with van der Waals surface area (Å²) in [6, 6.07) is 7.20. The van der Waals surface area contributed by atoms with Gasteiger partial charge in [-0.2, -0.15) is 0 Å². The van der Waals surface area contributed by atoms with Gasteiger partial charge in [-0.3, -0.25) is 4.79 Å². The number of nitrogens with zero attached hydrogens (tertiary/aromatic N) is 1. The number of benzene rings is 1. The molecule has 1 unspecified atom stereocenters. The van der Waals surface area contributed by atoms with Gasteiger partial charge in [0.25, 0.3) is 5.91 Å². The molecule has 6 heteroatoms. The number of nitrogens with one attached hydrogen (secondary N) is 1. The molecule has 0 saturated heterocycles. The number of amides is 1. The summed E-state index contributed by atoms with van der Waals surface area (Å²) in [5.74, 6) is 0.201. The highest BCUT2D eigenvalue weighted by molar-refractivity contribution is 7.17. The second-order valence-electron chi connectivity index (χ2n) is 5.90. The zero-order chi connectivity index (χ0) is 17.0. The number of aryl methyl sites for hydroxylation is 1. The highest BCUT2D eigenvalue weighted by Crippen LogP contribution is 2.32. The van der Waals surface area contributed by atoms with E-state index in [4.69, 9.17) is 11.6 Å². The third-order valence-corrected chi connectivity index (χ3v) is 4.94. The van der Waals surface area contributed by atoms with Gasteiger partial charge in [-0.05, 0) is 25.3 Å². The Kier molecular flexibility index (Phi) is 6.16. The van der Waals surface area contributed by atoms with Crippen molar-refractivity contribution < 1.29 is 9.90 Å². The van der Waals surface area contributed by atoms with E-state index in [0.29, 0.717) is 21.5 Å². The van der Waals surface area contributed by atoms with Crippen LogP contribution in [0.1, 0.15) is 35.6 Å². The molecule has 0 aliphatic rings. The Morgan fingerprint density at radius 1 is 1.39 bits per heavy atom. The lowest BCUT2D eigenvalue weighted by molar-refractivity contribution is 0.0911. The first kappa shape index (κ1) is 17.9. The van der Waals surface area contributed by atoms with Crippen molar-refractivity contribution in [1.82, 2.24) is 10.3 Å². The Morgan fingerprint density at radius 2 is 2.09 bits per heavy atom. The van der Waals surface area contributed by atoms with Crippen molar-refractivity contribution >= 4 is 28.8 Å². The first-order valence-corrected chi connectivity index (χ1v) is 8.75. The molecule has 0 aliphatic heterocycles. The molecule has 23 heavy (non-hydrogen) atoms. The van der Waals surface area contributed by atoms with Crippen LogP contribution in [0, 0.1) is 12.8 Å². The third-order valence-electron chi connectivity index (χ3n) is 3.42. The quantitative estimate of drug-likeness (QED) is 0.828. The number of carbonyl (C=O) groups excluding carboxylic acids is 1. The van der Waals surface area contributed by atoms with Crippen LogP contribution in [-0.4, -0.2) is 28.6 Å². The maximum atomic E-state index is 12.5. The molecule has 0 saturated carbocycles. The molecule has 124 valence electrons. The van der Waals surface area contributed by atoms with Crippen molar-refractivity contribution in [3.05, 3.63) is 39.9 Å². The summed E-state index contributed by atoms with van der Waals surface area (Å²) in [6.45, 7) is 5.85. The van der Waals surface area contributed by atoms with Crippen LogP contribution in [0.25, 0.3) is 10.6 Å². The molecule has 0 spiro atoms. The van der Waals surface area contributed by atoms with Gasteiger partial charge in [0.15, 0.2) is 0 Å². The molecule has 0 fully saturated rings. The van der Waals surface area contributed by atoms with E-state index in [-0.39, 0.29) is 18.6 Å². The first-order chi connectivity index (χ1) is 10.9.